The first-order valence-corrected chi connectivity index (χ1v) is 7.27. The Morgan fingerprint density at radius 2 is 1.81 bits per heavy atom. The second-order valence-electron chi connectivity index (χ2n) is 4.77. The van der Waals surface area contributed by atoms with Crippen LogP contribution in [0.5, 0.6) is 0 Å². The SMILES string of the molecule is C[C@H](c1ccccc1)n1c(=O)oc(=O)c2cc(Br)ccc21. The number of benzene rings is 2. The van der Waals surface area contributed by atoms with E-state index in [2.05, 4.69) is 15.9 Å². The van der Waals surface area contributed by atoms with Crippen molar-refractivity contribution in [3.05, 3.63) is 79.5 Å². The lowest BCUT2D eigenvalue weighted by Crippen LogP contribution is -2.28. The molecule has 3 aromatic rings. The van der Waals surface area contributed by atoms with Gasteiger partial charge < -0.3 is 4.42 Å². The first-order valence-electron chi connectivity index (χ1n) is 6.48. The van der Waals surface area contributed by atoms with Crippen molar-refractivity contribution in [3.63, 3.8) is 0 Å². The zero-order chi connectivity index (χ0) is 15.0. The number of halogens is 1. The van der Waals surface area contributed by atoms with E-state index in [9.17, 15) is 9.59 Å². The van der Waals surface area contributed by atoms with Gasteiger partial charge in [-0.25, -0.2) is 9.59 Å². The molecule has 0 bridgehead atoms. The molecule has 0 N–H and O–H groups in total. The highest BCUT2D eigenvalue weighted by atomic mass is 79.9. The molecule has 21 heavy (non-hydrogen) atoms. The molecule has 3 rings (SSSR count). The fourth-order valence-corrected chi connectivity index (χ4v) is 2.77. The summed E-state index contributed by atoms with van der Waals surface area (Å²) in [4.78, 5) is 24.0. The first kappa shape index (κ1) is 13.8. The Morgan fingerprint density at radius 1 is 1.10 bits per heavy atom. The Bertz CT molecular complexity index is 912. The zero-order valence-corrected chi connectivity index (χ0v) is 12.8. The van der Waals surface area contributed by atoms with Crippen LogP contribution in [0.4, 0.5) is 0 Å². The van der Waals surface area contributed by atoms with Crippen molar-refractivity contribution in [3.8, 4) is 0 Å². The van der Waals surface area contributed by atoms with Crippen molar-refractivity contribution in [2.75, 3.05) is 0 Å². The Labute approximate surface area is 128 Å². The summed E-state index contributed by atoms with van der Waals surface area (Å²) in [5.41, 5.74) is 0.918. The average Bonchev–Trinajstić information content (AvgIpc) is 2.48. The van der Waals surface area contributed by atoms with Crippen LogP contribution in [0.1, 0.15) is 18.5 Å². The minimum absolute atomic E-state index is 0.230. The molecule has 0 aliphatic carbocycles. The molecular weight excluding hydrogens is 334 g/mol. The summed E-state index contributed by atoms with van der Waals surface area (Å²) < 4.78 is 7.11. The molecule has 0 saturated carbocycles. The average molecular weight is 346 g/mol. The number of fused-ring (bicyclic) bond motifs is 1. The molecular formula is C16H12BrNO3. The zero-order valence-electron chi connectivity index (χ0n) is 11.2. The minimum atomic E-state index is -0.647. The van der Waals surface area contributed by atoms with Crippen LogP contribution in [0.25, 0.3) is 10.9 Å². The number of aromatic nitrogens is 1. The van der Waals surface area contributed by atoms with Crippen LogP contribution in [0, 0.1) is 0 Å². The second-order valence-corrected chi connectivity index (χ2v) is 5.69. The molecule has 5 heteroatoms. The molecule has 0 spiro atoms. The van der Waals surface area contributed by atoms with Gasteiger partial charge in [-0.1, -0.05) is 46.3 Å². The fraction of sp³-hybridized carbons (Fsp3) is 0.125. The Kier molecular flexibility index (Phi) is 3.51. The van der Waals surface area contributed by atoms with Gasteiger partial charge >= 0.3 is 11.4 Å². The molecule has 0 aliphatic rings. The van der Waals surface area contributed by atoms with E-state index >= 15 is 0 Å². The van der Waals surface area contributed by atoms with Gasteiger partial charge in [0, 0.05) is 4.47 Å². The highest BCUT2D eigenvalue weighted by molar-refractivity contribution is 9.10. The summed E-state index contributed by atoms with van der Waals surface area (Å²) in [5, 5.41) is 0.381. The van der Waals surface area contributed by atoms with E-state index in [0.717, 1.165) is 10.0 Å². The van der Waals surface area contributed by atoms with E-state index in [1.807, 2.05) is 37.3 Å². The van der Waals surface area contributed by atoms with Crippen molar-refractivity contribution in [1.29, 1.82) is 0 Å². The maximum absolute atomic E-state index is 12.1. The summed E-state index contributed by atoms with van der Waals surface area (Å²) in [6.45, 7) is 1.90. The Morgan fingerprint density at radius 3 is 2.52 bits per heavy atom. The molecule has 0 amide bonds. The maximum Gasteiger partial charge on any atom is 0.422 e. The summed E-state index contributed by atoms with van der Waals surface area (Å²) in [6, 6.07) is 14.6. The van der Waals surface area contributed by atoms with E-state index in [0.29, 0.717) is 10.9 Å². The van der Waals surface area contributed by atoms with E-state index < -0.39 is 11.4 Å². The van der Waals surface area contributed by atoms with Crippen LogP contribution in [0.3, 0.4) is 0 Å². The van der Waals surface area contributed by atoms with Crippen LogP contribution < -0.4 is 11.4 Å². The number of nitrogens with zero attached hydrogens (tertiary/aromatic N) is 1. The predicted octanol–water partition coefficient (Wildman–Crippen LogP) is 3.33. The van der Waals surface area contributed by atoms with Crippen molar-refractivity contribution < 1.29 is 4.42 Å². The van der Waals surface area contributed by atoms with Crippen LogP contribution in [0.15, 0.2) is 67.0 Å². The minimum Gasteiger partial charge on any atom is -0.372 e. The third-order valence-corrected chi connectivity index (χ3v) is 3.98. The molecule has 2 aromatic carbocycles. The van der Waals surface area contributed by atoms with E-state index in [1.54, 1.807) is 18.2 Å². The monoisotopic (exact) mass is 345 g/mol. The molecule has 106 valence electrons. The highest BCUT2D eigenvalue weighted by Gasteiger charge is 2.16. The fourth-order valence-electron chi connectivity index (χ4n) is 2.41. The third kappa shape index (κ3) is 2.45. The van der Waals surface area contributed by atoms with Crippen LogP contribution >= 0.6 is 15.9 Å². The summed E-state index contributed by atoms with van der Waals surface area (Å²) in [6.07, 6.45) is 0. The lowest BCUT2D eigenvalue weighted by atomic mass is 10.1. The van der Waals surface area contributed by atoms with E-state index in [-0.39, 0.29) is 6.04 Å². The maximum atomic E-state index is 12.1. The summed E-state index contributed by atoms with van der Waals surface area (Å²) in [5.74, 6) is -0.647. The van der Waals surface area contributed by atoms with Gasteiger partial charge in [-0.2, -0.15) is 0 Å². The molecule has 4 nitrogen and oxygen atoms in total. The van der Waals surface area contributed by atoms with Gasteiger partial charge in [-0.3, -0.25) is 4.57 Å². The largest absolute Gasteiger partial charge is 0.422 e. The van der Waals surface area contributed by atoms with Gasteiger partial charge in [-0.15, -0.1) is 0 Å². The Balaban J connectivity index is 2.33. The lowest BCUT2D eigenvalue weighted by Gasteiger charge is -2.16. The number of hydrogen-bond acceptors (Lipinski definition) is 3. The van der Waals surface area contributed by atoms with Crippen molar-refractivity contribution in [2.45, 2.75) is 13.0 Å². The van der Waals surface area contributed by atoms with Gasteiger partial charge in [0.1, 0.15) is 0 Å². The van der Waals surface area contributed by atoms with Crippen LogP contribution in [-0.4, -0.2) is 4.57 Å². The first-order chi connectivity index (χ1) is 10.1. The summed E-state index contributed by atoms with van der Waals surface area (Å²) in [7, 11) is 0. The van der Waals surface area contributed by atoms with Gasteiger partial charge in [-0.05, 0) is 30.7 Å². The topological polar surface area (TPSA) is 52.2 Å². The second kappa shape index (κ2) is 5.33. The molecule has 1 aromatic heterocycles. The molecule has 1 heterocycles. The summed E-state index contributed by atoms with van der Waals surface area (Å²) >= 11 is 3.32. The van der Waals surface area contributed by atoms with E-state index in [1.165, 1.54) is 4.57 Å². The van der Waals surface area contributed by atoms with Crippen LogP contribution in [-0.2, 0) is 0 Å². The Hall–Kier alpha value is -2.14. The highest BCUT2D eigenvalue weighted by Crippen LogP contribution is 2.22. The molecule has 0 aliphatic heterocycles. The van der Waals surface area contributed by atoms with Crippen molar-refractivity contribution in [2.24, 2.45) is 0 Å². The van der Waals surface area contributed by atoms with Gasteiger partial charge in [0.05, 0.1) is 16.9 Å². The number of rotatable bonds is 2. The quantitative estimate of drug-likeness (QED) is 0.715. The van der Waals surface area contributed by atoms with Gasteiger partial charge in [0.15, 0.2) is 0 Å². The standard InChI is InChI=1S/C16H12BrNO3/c1-10(11-5-3-2-4-6-11)18-14-8-7-12(17)9-13(14)15(19)21-16(18)20/h2-10H,1H3/t10-/m1/s1. The van der Waals surface area contributed by atoms with Gasteiger partial charge in [0.25, 0.3) is 0 Å². The molecule has 0 unspecified atom stereocenters. The predicted molar refractivity (Wildman–Crippen MR) is 84.7 cm³/mol. The number of hydrogen-bond donors (Lipinski definition) is 0. The molecule has 0 fully saturated rings. The lowest BCUT2D eigenvalue weighted by molar-refractivity contribution is 0.406. The van der Waals surface area contributed by atoms with Crippen LogP contribution in [0.2, 0.25) is 0 Å². The third-order valence-electron chi connectivity index (χ3n) is 3.48. The van der Waals surface area contributed by atoms with Crippen molar-refractivity contribution >= 4 is 26.8 Å². The van der Waals surface area contributed by atoms with Gasteiger partial charge in [0.2, 0.25) is 0 Å². The molecule has 1 atom stereocenters. The van der Waals surface area contributed by atoms with Crippen molar-refractivity contribution in [1.82, 2.24) is 4.57 Å². The smallest absolute Gasteiger partial charge is 0.372 e. The normalized spacial score (nSPS) is 12.5. The molecule has 0 saturated heterocycles. The molecule has 0 radical (unpaired) electrons. The van der Waals surface area contributed by atoms with E-state index in [4.69, 9.17) is 4.42 Å².